The molecule has 8 nitrogen and oxygen atoms in total. The van der Waals surface area contributed by atoms with Crippen LogP contribution in [-0.2, 0) is 16.0 Å². The quantitative estimate of drug-likeness (QED) is 0.362. The molecule has 1 heterocycles. The van der Waals surface area contributed by atoms with Crippen LogP contribution in [0.1, 0.15) is 5.82 Å². The van der Waals surface area contributed by atoms with Crippen molar-refractivity contribution >= 4 is 24.6 Å². The molecule has 18 heavy (non-hydrogen) atoms. The fourth-order valence-electron chi connectivity index (χ4n) is 1.27. The zero-order valence-electron chi connectivity index (χ0n) is 9.74. The molecule has 0 aliphatic rings. The predicted molar refractivity (Wildman–Crippen MR) is 64.8 cm³/mol. The van der Waals surface area contributed by atoms with Crippen molar-refractivity contribution in [3.8, 4) is 0 Å². The third-order valence-corrected chi connectivity index (χ3v) is 2.25. The van der Waals surface area contributed by atoms with Crippen LogP contribution in [0, 0.1) is 17.0 Å². The first-order chi connectivity index (χ1) is 8.56. The van der Waals surface area contributed by atoms with E-state index in [1.807, 2.05) is 0 Å². The van der Waals surface area contributed by atoms with Crippen molar-refractivity contribution in [2.24, 2.45) is 0 Å². The Morgan fingerprint density at radius 3 is 2.83 bits per heavy atom. The van der Waals surface area contributed by atoms with E-state index in [-0.39, 0.29) is 25.6 Å². The largest absolute Gasteiger partial charge is 0.508 e. The zero-order chi connectivity index (χ0) is 13.5. The Hall–Kier alpha value is -1.77. The van der Waals surface area contributed by atoms with Gasteiger partial charge in [0.25, 0.3) is 0 Å². The Bertz CT molecular complexity index is 434. The van der Waals surface area contributed by atoms with Crippen LogP contribution in [0.3, 0.4) is 0 Å². The van der Waals surface area contributed by atoms with Gasteiger partial charge in [0.2, 0.25) is 0 Å². The van der Waals surface area contributed by atoms with E-state index < -0.39 is 11.1 Å². The highest BCUT2D eigenvalue weighted by molar-refractivity contribution is 7.80. The third-order valence-electron chi connectivity index (χ3n) is 2.07. The molecular formula is C9H13N3O5S. The molecule has 9 heteroatoms. The molecule has 0 saturated heterocycles. The van der Waals surface area contributed by atoms with E-state index in [0.717, 1.165) is 6.20 Å². The SMILES string of the molecule is Cc1ncc([N+](=O)[O-])n1CCOC(=O)OCCS. The number of thiol groups is 1. The summed E-state index contributed by atoms with van der Waals surface area (Å²) in [5.41, 5.74) is 0. The average Bonchev–Trinajstić information content (AvgIpc) is 2.68. The molecule has 0 aliphatic carbocycles. The van der Waals surface area contributed by atoms with Gasteiger partial charge >= 0.3 is 12.0 Å². The predicted octanol–water partition coefficient (Wildman–Crippen LogP) is 1.18. The number of hydrogen-bond acceptors (Lipinski definition) is 7. The Labute approximate surface area is 108 Å². The molecule has 0 N–H and O–H groups in total. The zero-order valence-corrected chi connectivity index (χ0v) is 10.6. The van der Waals surface area contributed by atoms with E-state index in [0.29, 0.717) is 11.6 Å². The summed E-state index contributed by atoms with van der Waals surface area (Å²) in [6, 6.07) is 0. The molecule has 1 rings (SSSR count). The molecule has 0 fully saturated rings. The second-order valence-corrected chi connectivity index (χ2v) is 3.69. The van der Waals surface area contributed by atoms with Gasteiger partial charge in [-0.15, -0.1) is 0 Å². The number of carbonyl (C=O) groups is 1. The van der Waals surface area contributed by atoms with Crippen molar-refractivity contribution in [3.05, 3.63) is 22.1 Å². The highest BCUT2D eigenvalue weighted by Crippen LogP contribution is 2.12. The number of rotatable bonds is 6. The van der Waals surface area contributed by atoms with E-state index in [9.17, 15) is 14.9 Å². The fourth-order valence-corrected chi connectivity index (χ4v) is 1.36. The highest BCUT2D eigenvalue weighted by Gasteiger charge is 2.17. The number of hydrogen-bond donors (Lipinski definition) is 1. The smallest absolute Gasteiger partial charge is 0.433 e. The number of ether oxygens (including phenoxy) is 2. The van der Waals surface area contributed by atoms with Crippen LogP contribution in [-0.4, -0.2) is 39.6 Å². The highest BCUT2D eigenvalue weighted by atomic mass is 32.1. The maximum atomic E-state index is 11.0. The molecule has 1 aromatic rings. The van der Waals surface area contributed by atoms with Crippen LogP contribution in [0.2, 0.25) is 0 Å². The van der Waals surface area contributed by atoms with Gasteiger partial charge < -0.3 is 19.6 Å². The molecule has 0 saturated carbocycles. The van der Waals surface area contributed by atoms with Crippen LogP contribution in [0.15, 0.2) is 6.20 Å². The second kappa shape index (κ2) is 6.84. The van der Waals surface area contributed by atoms with Gasteiger partial charge in [0, 0.05) is 12.7 Å². The minimum absolute atomic E-state index is 0.0244. The van der Waals surface area contributed by atoms with Crippen molar-refractivity contribution in [1.82, 2.24) is 9.55 Å². The summed E-state index contributed by atoms with van der Waals surface area (Å²) >= 11 is 3.86. The number of nitrogens with zero attached hydrogens (tertiary/aromatic N) is 3. The Kier molecular flexibility index (Phi) is 5.43. The summed E-state index contributed by atoms with van der Waals surface area (Å²) in [7, 11) is 0. The number of carbonyl (C=O) groups excluding carboxylic acids is 1. The van der Waals surface area contributed by atoms with Crippen molar-refractivity contribution in [2.75, 3.05) is 19.0 Å². The normalized spacial score (nSPS) is 10.1. The van der Waals surface area contributed by atoms with Gasteiger partial charge in [-0.2, -0.15) is 12.6 Å². The van der Waals surface area contributed by atoms with E-state index >= 15 is 0 Å². The first-order valence-corrected chi connectivity index (χ1v) is 5.76. The lowest BCUT2D eigenvalue weighted by molar-refractivity contribution is -0.392. The van der Waals surface area contributed by atoms with Gasteiger partial charge in [0.15, 0.2) is 5.82 Å². The van der Waals surface area contributed by atoms with Gasteiger partial charge in [-0.1, -0.05) is 0 Å². The summed E-state index contributed by atoms with van der Waals surface area (Å²) in [4.78, 5) is 25.0. The van der Waals surface area contributed by atoms with Crippen LogP contribution in [0.5, 0.6) is 0 Å². The molecule has 0 bridgehead atoms. The monoisotopic (exact) mass is 275 g/mol. The minimum atomic E-state index is -0.815. The summed E-state index contributed by atoms with van der Waals surface area (Å²) in [6.45, 7) is 1.92. The fraction of sp³-hybridized carbons (Fsp3) is 0.556. The van der Waals surface area contributed by atoms with Gasteiger partial charge in [-0.05, 0) is 4.92 Å². The topological polar surface area (TPSA) is 96.5 Å². The maximum absolute atomic E-state index is 11.0. The third kappa shape index (κ3) is 3.91. The summed E-state index contributed by atoms with van der Waals surface area (Å²) in [5.74, 6) is 0.745. The van der Waals surface area contributed by atoms with Crippen LogP contribution < -0.4 is 0 Å². The van der Waals surface area contributed by atoms with Crippen LogP contribution in [0.25, 0.3) is 0 Å². The Balaban J connectivity index is 2.46. The lowest BCUT2D eigenvalue weighted by Crippen LogP contribution is -2.15. The lowest BCUT2D eigenvalue weighted by Gasteiger charge is -2.05. The van der Waals surface area contributed by atoms with Gasteiger partial charge in [0.1, 0.15) is 26.0 Å². The summed E-state index contributed by atoms with van der Waals surface area (Å²) in [5, 5.41) is 10.7. The lowest BCUT2D eigenvalue weighted by atomic mass is 10.6. The van der Waals surface area contributed by atoms with Crippen LogP contribution >= 0.6 is 12.6 Å². The van der Waals surface area contributed by atoms with Gasteiger partial charge in [0.05, 0.1) is 0 Å². The minimum Gasteiger partial charge on any atom is -0.433 e. The molecular weight excluding hydrogens is 262 g/mol. The van der Waals surface area contributed by atoms with Crippen molar-refractivity contribution in [1.29, 1.82) is 0 Å². The van der Waals surface area contributed by atoms with Crippen molar-refractivity contribution in [3.63, 3.8) is 0 Å². The molecule has 1 aromatic heterocycles. The van der Waals surface area contributed by atoms with E-state index in [1.165, 1.54) is 4.57 Å². The summed E-state index contributed by atoms with van der Waals surface area (Å²) in [6.07, 6.45) is 0.346. The number of nitro groups is 1. The molecule has 0 aliphatic heterocycles. The Morgan fingerprint density at radius 2 is 2.22 bits per heavy atom. The van der Waals surface area contributed by atoms with Gasteiger partial charge in [-0.25, -0.2) is 14.3 Å². The number of aryl methyl sites for hydroxylation is 1. The average molecular weight is 275 g/mol. The van der Waals surface area contributed by atoms with Crippen LogP contribution in [0.4, 0.5) is 10.6 Å². The molecule has 0 atom stereocenters. The molecule has 0 radical (unpaired) electrons. The van der Waals surface area contributed by atoms with Crippen molar-refractivity contribution in [2.45, 2.75) is 13.5 Å². The van der Waals surface area contributed by atoms with Gasteiger partial charge in [-0.3, -0.25) is 0 Å². The number of aromatic nitrogens is 2. The second-order valence-electron chi connectivity index (χ2n) is 3.24. The molecule has 0 spiro atoms. The Morgan fingerprint density at radius 1 is 1.56 bits per heavy atom. The van der Waals surface area contributed by atoms with E-state index in [4.69, 9.17) is 4.74 Å². The van der Waals surface area contributed by atoms with Crippen molar-refractivity contribution < 1.29 is 19.2 Å². The van der Waals surface area contributed by atoms with E-state index in [1.54, 1.807) is 6.92 Å². The molecule has 0 unspecified atom stereocenters. The summed E-state index contributed by atoms with van der Waals surface area (Å²) < 4.78 is 10.7. The first kappa shape index (κ1) is 14.3. The molecule has 0 aromatic carbocycles. The number of imidazole rings is 1. The molecule has 100 valence electrons. The maximum Gasteiger partial charge on any atom is 0.508 e. The van der Waals surface area contributed by atoms with E-state index in [2.05, 4.69) is 22.3 Å². The molecule has 0 amide bonds. The standard InChI is InChI=1S/C9H13N3O5S/c1-7-10-6-8(12(14)15)11(7)2-3-16-9(13)17-4-5-18/h6,18H,2-5H2,1H3. The first-order valence-electron chi connectivity index (χ1n) is 5.13.